The fourth-order valence-electron chi connectivity index (χ4n) is 4.98. The van der Waals surface area contributed by atoms with Gasteiger partial charge in [-0.3, -0.25) is 9.97 Å². The maximum absolute atomic E-state index is 12.6. The topological polar surface area (TPSA) is 94.0 Å². The van der Waals surface area contributed by atoms with Crippen LogP contribution in [0.5, 0.6) is 11.5 Å². The summed E-state index contributed by atoms with van der Waals surface area (Å²) in [6.45, 7) is 16.0. The predicted octanol–water partition coefficient (Wildman–Crippen LogP) is 6.87. The summed E-state index contributed by atoms with van der Waals surface area (Å²) in [4.78, 5) is 24.2. The molecule has 220 valence electrons. The zero-order valence-corrected chi connectivity index (χ0v) is 25.3. The summed E-state index contributed by atoms with van der Waals surface area (Å²) in [6.07, 6.45) is 4.12. The van der Waals surface area contributed by atoms with Crippen molar-refractivity contribution in [3.05, 3.63) is 66.1 Å². The van der Waals surface area contributed by atoms with E-state index in [1.54, 1.807) is 12.4 Å². The van der Waals surface area contributed by atoms with Gasteiger partial charge >= 0.3 is 5.97 Å². The van der Waals surface area contributed by atoms with Crippen molar-refractivity contribution in [2.24, 2.45) is 5.41 Å². The Kier molecular flexibility index (Phi) is 9.22. The fraction of sp³-hybridized carbons (Fsp3) is 0.485. The summed E-state index contributed by atoms with van der Waals surface area (Å²) in [7, 11) is 0. The van der Waals surface area contributed by atoms with Crippen LogP contribution in [-0.2, 0) is 9.53 Å². The molecule has 2 atom stereocenters. The van der Waals surface area contributed by atoms with E-state index in [0.29, 0.717) is 29.3 Å². The molecule has 4 rings (SSSR count). The fourth-order valence-corrected chi connectivity index (χ4v) is 4.98. The molecular weight excluding hydrogens is 518 g/mol. The van der Waals surface area contributed by atoms with E-state index in [4.69, 9.17) is 19.2 Å². The Hall–Kier alpha value is -3.65. The summed E-state index contributed by atoms with van der Waals surface area (Å²) < 4.78 is 18.0. The smallest absolute Gasteiger partial charge is 0.337 e. The van der Waals surface area contributed by atoms with Crippen molar-refractivity contribution in [3.8, 4) is 22.8 Å². The van der Waals surface area contributed by atoms with Crippen LogP contribution in [0.2, 0.25) is 0 Å². The second-order valence-electron chi connectivity index (χ2n) is 12.6. The van der Waals surface area contributed by atoms with Crippen LogP contribution < -0.4 is 14.4 Å². The number of ether oxygens (including phenoxy) is 3. The first-order valence-electron chi connectivity index (χ1n) is 14.3. The molecule has 1 aliphatic rings. The van der Waals surface area contributed by atoms with Gasteiger partial charge in [-0.15, -0.1) is 0 Å². The number of para-hydroxylation sites is 1. The number of aryl methyl sites for hydroxylation is 1. The molecule has 1 N–H and O–H groups in total. The molecule has 2 aromatic heterocycles. The summed E-state index contributed by atoms with van der Waals surface area (Å²) in [5.41, 5.74) is 3.09. The van der Waals surface area contributed by atoms with Crippen molar-refractivity contribution in [1.82, 2.24) is 9.97 Å². The zero-order valence-electron chi connectivity index (χ0n) is 25.3. The van der Waals surface area contributed by atoms with Gasteiger partial charge in [-0.2, -0.15) is 0 Å². The lowest BCUT2D eigenvalue weighted by molar-refractivity contribution is -0.160. The highest BCUT2D eigenvalue weighted by atomic mass is 16.5. The summed E-state index contributed by atoms with van der Waals surface area (Å²) in [5.74, 6) is 0.380. The van der Waals surface area contributed by atoms with Gasteiger partial charge in [0.15, 0.2) is 6.10 Å². The number of nitrogens with zero attached hydrogens (tertiary/aromatic N) is 3. The molecule has 0 aliphatic carbocycles. The van der Waals surface area contributed by atoms with Crippen molar-refractivity contribution in [2.75, 3.05) is 24.6 Å². The third-order valence-corrected chi connectivity index (χ3v) is 7.26. The number of aromatic nitrogens is 2. The van der Waals surface area contributed by atoms with Crippen molar-refractivity contribution >= 4 is 11.7 Å². The molecule has 0 amide bonds. The van der Waals surface area contributed by atoms with Gasteiger partial charge in [0.25, 0.3) is 0 Å². The Bertz CT molecular complexity index is 1310. The first-order chi connectivity index (χ1) is 19.3. The lowest BCUT2D eigenvalue weighted by Crippen LogP contribution is -2.39. The van der Waals surface area contributed by atoms with Gasteiger partial charge in [0.2, 0.25) is 0 Å². The van der Waals surface area contributed by atoms with E-state index in [2.05, 4.69) is 23.7 Å². The van der Waals surface area contributed by atoms with Gasteiger partial charge in [-0.05, 0) is 77.1 Å². The van der Waals surface area contributed by atoms with Crippen LogP contribution >= 0.6 is 0 Å². The molecule has 1 saturated heterocycles. The predicted molar refractivity (Wildman–Crippen MR) is 161 cm³/mol. The molecule has 0 saturated carbocycles. The van der Waals surface area contributed by atoms with Crippen LogP contribution in [0.1, 0.15) is 71.7 Å². The van der Waals surface area contributed by atoms with E-state index in [1.807, 2.05) is 77.1 Å². The number of carboxylic acid groups (broad SMARTS) is 1. The monoisotopic (exact) mass is 561 g/mol. The minimum atomic E-state index is -1.17. The molecule has 8 heteroatoms. The Morgan fingerprint density at radius 1 is 1.02 bits per heavy atom. The second-order valence-corrected chi connectivity index (χ2v) is 12.6. The molecule has 3 aromatic rings. The number of benzene rings is 1. The third kappa shape index (κ3) is 7.97. The number of anilines is 1. The molecule has 41 heavy (non-hydrogen) atoms. The lowest BCUT2D eigenvalue weighted by Gasteiger charge is -2.40. The van der Waals surface area contributed by atoms with Crippen LogP contribution in [0.3, 0.4) is 0 Å². The Morgan fingerprint density at radius 3 is 2.29 bits per heavy atom. The highest BCUT2D eigenvalue weighted by molar-refractivity contribution is 5.85. The third-order valence-electron chi connectivity index (χ3n) is 7.26. The van der Waals surface area contributed by atoms with E-state index in [0.717, 1.165) is 42.9 Å². The largest absolute Gasteiger partial charge is 0.490 e. The van der Waals surface area contributed by atoms with Crippen molar-refractivity contribution in [3.63, 3.8) is 0 Å². The van der Waals surface area contributed by atoms with Gasteiger partial charge in [0, 0.05) is 36.1 Å². The molecular formula is C33H43N3O5. The van der Waals surface area contributed by atoms with Gasteiger partial charge in [0.1, 0.15) is 24.2 Å². The number of hydrogen-bond donors (Lipinski definition) is 1. The maximum atomic E-state index is 12.6. The first-order valence-corrected chi connectivity index (χ1v) is 14.3. The second kappa shape index (κ2) is 12.5. The quantitative estimate of drug-likeness (QED) is 0.287. The first kappa shape index (κ1) is 30.3. The SMILES string of the molecule is Cc1ncc(-c2ccc(O[C@H](C)COc3ccccc3)cn2)c(N2CCC(C)(C)CC2)c1[C@H](OC(C)(C)C)C(=O)O. The van der Waals surface area contributed by atoms with E-state index in [-0.39, 0.29) is 11.5 Å². The average Bonchev–Trinajstić information content (AvgIpc) is 2.91. The number of rotatable bonds is 10. The minimum Gasteiger partial charge on any atom is -0.490 e. The molecule has 0 unspecified atom stereocenters. The van der Waals surface area contributed by atoms with E-state index < -0.39 is 17.7 Å². The van der Waals surface area contributed by atoms with Gasteiger partial charge in [-0.1, -0.05) is 32.0 Å². The Balaban J connectivity index is 1.66. The molecule has 3 heterocycles. The summed E-state index contributed by atoms with van der Waals surface area (Å²) in [5, 5.41) is 10.3. The molecule has 1 aliphatic heterocycles. The number of aliphatic carboxylic acids is 1. The number of hydrogen-bond acceptors (Lipinski definition) is 7. The van der Waals surface area contributed by atoms with Crippen molar-refractivity contribution in [1.29, 1.82) is 0 Å². The van der Waals surface area contributed by atoms with E-state index in [1.165, 1.54) is 0 Å². The van der Waals surface area contributed by atoms with Gasteiger partial charge in [0.05, 0.1) is 23.2 Å². The Labute approximate surface area is 243 Å². The normalized spacial score (nSPS) is 16.6. The van der Waals surface area contributed by atoms with Gasteiger partial charge in [-0.25, -0.2) is 4.79 Å². The molecule has 0 radical (unpaired) electrons. The van der Waals surface area contributed by atoms with Crippen LogP contribution in [0.15, 0.2) is 54.9 Å². The lowest BCUT2D eigenvalue weighted by atomic mass is 9.82. The van der Waals surface area contributed by atoms with E-state index >= 15 is 0 Å². The molecule has 1 fully saturated rings. The van der Waals surface area contributed by atoms with Crippen LogP contribution in [0.25, 0.3) is 11.3 Å². The number of piperidine rings is 1. The molecule has 8 nitrogen and oxygen atoms in total. The maximum Gasteiger partial charge on any atom is 0.337 e. The van der Waals surface area contributed by atoms with E-state index in [9.17, 15) is 9.90 Å². The Morgan fingerprint density at radius 2 is 1.71 bits per heavy atom. The van der Waals surface area contributed by atoms with Gasteiger partial charge < -0.3 is 24.2 Å². The number of carboxylic acids is 1. The minimum absolute atomic E-state index is 0.186. The number of carbonyl (C=O) groups is 1. The molecule has 0 bridgehead atoms. The standard InChI is InChI=1S/C33H43N3O5/c1-22(21-39-24-11-9-8-10-12-24)40-25-13-14-27(35-19-25)26-20-34-23(2)28(30(31(37)38)41-32(3,4)5)29(26)36-17-15-33(6,7)16-18-36/h8-14,19-20,22,30H,15-18,21H2,1-7H3,(H,37,38)/t22-,30+/m1/s1. The highest BCUT2D eigenvalue weighted by Crippen LogP contribution is 2.43. The van der Waals surface area contributed by atoms with Crippen molar-refractivity contribution in [2.45, 2.75) is 79.1 Å². The average molecular weight is 562 g/mol. The summed E-state index contributed by atoms with van der Waals surface area (Å²) in [6, 6.07) is 13.4. The highest BCUT2D eigenvalue weighted by Gasteiger charge is 2.36. The van der Waals surface area contributed by atoms with Crippen LogP contribution in [0, 0.1) is 12.3 Å². The van der Waals surface area contributed by atoms with Crippen LogP contribution in [0.4, 0.5) is 5.69 Å². The zero-order chi connectivity index (χ0) is 29.8. The molecule has 1 aromatic carbocycles. The molecule has 0 spiro atoms. The van der Waals surface area contributed by atoms with Crippen molar-refractivity contribution < 1.29 is 24.1 Å². The summed E-state index contributed by atoms with van der Waals surface area (Å²) >= 11 is 0. The van der Waals surface area contributed by atoms with Crippen LogP contribution in [-0.4, -0.2) is 52.4 Å². The number of pyridine rings is 2.